The molecule has 2 N–H and O–H groups in total. The first-order valence-electron chi connectivity index (χ1n) is 7.50. The SMILES string of the molecule is CSCCCNC(=NCc1nnc(C)n1C)NC1CC1C.I. The highest BCUT2D eigenvalue weighted by atomic mass is 127. The summed E-state index contributed by atoms with van der Waals surface area (Å²) >= 11 is 1.87. The highest BCUT2D eigenvalue weighted by molar-refractivity contribution is 14.0. The zero-order valence-corrected chi connectivity index (χ0v) is 16.9. The summed E-state index contributed by atoms with van der Waals surface area (Å²) in [4.78, 5) is 4.64. The minimum Gasteiger partial charge on any atom is -0.356 e. The van der Waals surface area contributed by atoms with E-state index in [9.17, 15) is 0 Å². The highest BCUT2D eigenvalue weighted by Gasteiger charge is 2.33. The van der Waals surface area contributed by atoms with Gasteiger partial charge in [-0.15, -0.1) is 34.2 Å². The molecule has 1 heterocycles. The van der Waals surface area contributed by atoms with Crippen LogP contribution in [0.1, 0.15) is 31.4 Å². The van der Waals surface area contributed by atoms with Gasteiger partial charge in [-0.3, -0.25) is 0 Å². The van der Waals surface area contributed by atoms with Gasteiger partial charge in [0, 0.05) is 19.6 Å². The van der Waals surface area contributed by atoms with E-state index < -0.39 is 0 Å². The molecule has 0 amide bonds. The van der Waals surface area contributed by atoms with Crippen LogP contribution in [0.5, 0.6) is 0 Å². The topological polar surface area (TPSA) is 67.1 Å². The molecule has 0 bridgehead atoms. The van der Waals surface area contributed by atoms with Gasteiger partial charge in [0.05, 0.1) is 0 Å². The maximum Gasteiger partial charge on any atom is 0.191 e. The predicted octanol–water partition coefficient (Wildman–Crippen LogP) is 1.94. The molecule has 1 aliphatic rings. The van der Waals surface area contributed by atoms with Crippen LogP contribution in [0.2, 0.25) is 0 Å². The van der Waals surface area contributed by atoms with Gasteiger partial charge in [-0.05, 0) is 37.7 Å². The molecule has 1 aromatic heterocycles. The standard InChI is InChI=1S/C14H26N6S.HI/c1-10-8-12(10)17-14(15-6-5-7-21-4)16-9-13-19-18-11(2)20(13)3;/h10,12H,5-9H2,1-4H3,(H2,15,16,17);1H. The first-order chi connectivity index (χ1) is 10.1. The van der Waals surface area contributed by atoms with E-state index in [0.717, 1.165) is 36.5 Å². The lowest BCUT2D eigenvalue weighted by atomic mass is 10.4. The third-order valence-corrected chi connectivity index (χ3v) is 4.51. The molecule has 0 aromatic carbocycles. The van der Waals surface area contributed by atoms with Crippen LogP contribution < -0.4 is 10.6 Å². The van der Waals surface area contributed by atoms with Crippen molar-refractivity contribution >= 4 is 41.7 Å². The summed E-state index contributed by atoms with van der Waals surface area (Å²) in [6, 6.07) is 0.568. The lowest BCUT2D eigenvalue weighted by molar-refractivity contribution is 0.729. The minimum atomic E-state index is 0. The van der Waals surface area contributed by atoms with E-state index >= 15 is 0 Å². The summed E-state index contributed by atoms with van der Waals surface area (Å²) in [6.07, 6.45) is 4.51. The number of rotatable bonds is 7. The summed E-state index contributed by atoms with van der Waals surface area (Å²) in [6.45, 7) is 5.71. The van der Waals surface area contributed by atoms with Crippen LogP contribution >= 0.6 is 35.7 Å². The monoisotopic (exact) mass is 438 g/mol. The van der Waals surface area contributed by atoms with Crippen molar-refractivity contribution in [3.05, 3.63) is 11.6 Å². The summed E-state index contributed by atoms with van der Waals surface area (Å²) in [7, 11) is 1.97. The first kappa shape index (κ1) is 19.5. The second-order valence-corrected chi connectivity index (χ2v) is 6.61. The second kappa shape index (κ2) is 9.59. The Morgan fingerprint density at radius 3 is 2.73 bits per heavy atom. The number of nitrogens with zero attached hydrogens (tertiary/aromatic N) is 4. The molecule has 1 aromatic rings. The van der Waals surface area contributed by atoms with Gasteiger partial charge in [0.2, 0.25) is 0 Å². The number of aliphatic imine (C=N–C) groups is 1. The molecule has 1 aliphatic carbocycles. The van der Waals surface area contributed by atoms with Crippen LogP contribution in [0.3, 0.4) is 0 Å². The normalized spacial score (nSPS) is 20.5. The molecule has 0 aliphatic heterocycles. The van der Waals surface area contributed by atoms with Crippen LogP contribution in [-0.2, 0) is 13.6 Å². The molecule has 2 unspecified atom stereocenters. The number of thioether (sulfide) groups is 1. The molecule has 6 nitrogen and oxygen atoms in total. The van der Waals surface area contributed by atoms with E-state index in [-0.39, 0.29) is 24.0 Å². The third kappa shape index (κ3) is 5.94. The third-order valence-electron chi connectivity index (χ3n) is 3.81. The van der Waals surface area contributed by atoms with Gasteiger partial charge >= 0.3 is 0 Å². The molecule has 126 valence electrons. The Bertz CT molecular complexity index is 490. The van der Waals surface area contributed by atoms with Gasteiger partial charge in [-0.2, -0.15) is 11.8 Å². The van der Waals surface area contributed by atoms with Crippen LogP contribution in [0.25, 0.3) is 0 Å². The molecule has 8 heteroatoms. The average molecular weight is 438 g/mol. The number of halogens is 1. The molecular weight excluding hydrogens is 411 g/mol. The molecular formula is C14H27IN6S. The number of aryl methyl sites for hydroxylation is 1. The molecule has 0 saturated heterocycles. The summed E-state index contributed by atoms with van der Waals surface area (Å²) in [5.74, 6) is 4.62. The van der Waals surface area contributed by atoms with Crippen molar-refractivity contribution in [1.29, 1.82) is 0 Å². The molecule has 22 heavy (non-hydrogen) atoms. The van der Waals surface area contributed by atoms with E-state index in [4.69, 9.17) is 0 Å². The van der Waals surface area contributed by atoms with Crippen LogP contribution in [0.4, 0.5) is 0 Å². The van der Waals surface area contributed by atoms with Crippen molar-refractivity contribution in [3.63, 3.8) is 0 Å². The lowest BCUT2D eigenvalue weighted by Crippen LogP contribution is -2.39. The Kier molecular flexibility index (Phi) is 8.52. The van der Waals surface area contributed by atoms with E-state index in [2.05, 4.69) is 39.0 Å². The van der Waals surface area contributed by atoms with Crippen LogP contribution in [0, 0.1) is 12.8 Å². The summed E-state index contributed by atoms with van der Waals surface area (Å²) in [5.41, 5.74) is 0. The number of hydrogen-bond acceptors (Lipinski definition) is 4. The number of guanidine groups is 1. The Morgan fingerprint density at radius 2 is 2.18 bits per heavy atom. The zero-order chi connectivity index (χ0) is 15.2. The van der Waals surface area contributed by atoms with E-state index in [1.165, 1.54) is 12.2 Å². The largest absolute Gasteiger partial charge is 0.356 e. The minimum absolute atomic E-state index is 0. The fraction of sp³-hybridized carbons (Fsp3) is 0.786. The molecule has 2 atom stereocenters. The molecule has 0 radical (unpaired) electrons. The first-order valence-corrected chi connectivity index (χ1v) is 8.90. The molecule has 0 spiro atoms. The van der Waals surface area contributed by atoms with Crippen molar-refractivity contribution in [3.8, 4) is 0 Å². The van der Waals surface area contributed by atoms with Gasteiger partial charge < -0.3 is 15.2 Å². The Labute approximate surface area is 154 Å². The summed E-state index contributed by atoms with van der Waals surface area (Å²) < 4.78 is 1.98. The van der Waals surface area contributed by atoms with Crippen molar-refractivity contribution in [2.24, 2.45) is 18.0 Å². The molecule has 2 rings (SSSR count). The number of hydrogen-bond donors (Lipinski definition) is 2. The Hall–Kier alpha value is -0.510. The number of aromatic nitrogens is 3. The van der Waals surface area contributed by atoms with Crippen molar-refractivity contribution in [1.82, 2.24) is 25.4 Å². The fourth-order valence-corrected chi connectivity index (χ4v) is 2.45. The molecule has 1 fully saturated rings. The molecule has 1 saturated carbocycles. The van der Waals surface area contributed by atoms with E-state index in [0.29, 0.717) is 12.6 Å². The van der Waals surface area contributed by atoms with Gasteiger partial charge in [0.15, 0.2) is 11.8 Å². The van der Waals surface area contributed by atoms with E-state index in [1.54, 1.807) is 0 Å². The van der Waals surface area contributed by atoms with Gasteiger partial charge in [0.25, 0.3) is 0 Å². The zero-order valence-electron chi connectivity index (χ0n) is 13.8. The van der Waals surface area contributed by atoms with Crippen LogP contribution in [0.15, 0.2) is 4.99 Å². The average Bonchev–Trinajstić information content (AvgIpc) is 3.07. The maximum absolute atomic E-state index is 4.64. The van der Waals surface area contributed by atoms with Gasteiger partial charge in [-0.1, -0.05) is 6.92 Å². The van der Waals surface area contributed by atoms with Crippen molar-refractivity contribution < 1.29 is 0 Å². The highest BCUT2D eigenvalue weighted by Crippen LogP contribution is 2.28. The predicted molar refractivity (Wildman–Crippen MR) is 104 cm³/mol. The van der Waals surface area contributed by atoms with Crippen molar-refractivity contribution in [2.45, 2.75) is 39.3 Å². The fourth-order valence-electron chi connectivity index (χ4n) is 2.01. The second-order valence-electron chi connectivity index (χ2n) is 5.62. The van der Waals surface area contributed by atoms with E-state index in [1.807, 2.05) is 30.3 Å². The quantitative estimate of drug-likeness (QED) is 0.295. The smallest absolute Gasteiger partial charge is 0.191 e. The maximum atomic E-state index is 4.64. The van der Waals surface area contributed by atoms with Gasteiger partial charge in [0.1, 0.15) is 12.4 Å². The summed E-state index contributed by atoms with van der Waals surface area (Å²) in [5, 5.41) is 15.1. The van der Waals surface area contributed by atoms with Gasteiger partial charge in [-0.25, -0.2) is 4.99 Å². The van der Waals surface area contributed by atoms with Crippen LogP contribution in [-0.4, -0.2) is 45.3 Å². The number of nitrogens with one attached hydrogen (secondary N) is 2. The lowest BCUT2D eigenvalue weighted by Gasteiger charge is -2.12. The Morgan fingerprint density at radius 1 is 1.45 bits per heavy atom. The Balaban J connectivity index is 0.00000242. The van der Waals surface area contributed by atoms with Crippen molar-refractivity contribution in [2.75, 3.05) is 18.6 Å².